The lowest BCUT2D eigenvalue weighted by Gasteiger charge is -2.26. The number of carbonyl (C=O) groups is 2. The number of hydrogen-bond acceptors (Lipinski definition) is 3. The van der Waals surface area contributed by atoms with E-state index in [4.69, 9.17) is 5.73 Å². The van der Waals surface area contributed by atoms with Crippen LogP contribution in [-0.2, 0) is 4.79 Å². The van der Waals surface area contributed by atoms with Crippen LogP contribution in [0.25, 0.3) is 0 Å². The summed E-state index contributed by atoms with van der Waals surface area (Å²) in [6.07, 6.45) is 3.18. The van der Waals surface area contributed by atoms with Crippen molar-refractivity contribution >= 4 is 24.1 Å². The second-order valence-corrected chi connectivity index (χ2v) is 5.36. The maximum atomic E-state index is 12.3. The number of amides is 1. The molecule has 1 aliphatic carbocycles. The second-order valence-electron chi connectivity index (χ2n) is 5.36. The third kappa shape index (κ3) is 4.83. The van der Waals surface area contributed by atoms with Gasteiger partial charge in [0.05, 0.1) is 0 Å². The van der Waals surface area contributed by atoms with Gasteiger partial charge in [-0.1, -0.05) is 30.3 Å². The van der Waals surface area contributed by atoms with Gasteiger partial charge in [0.2, 0.25) is 5.91 Å². The SMILES string of the molecule is Cl.NCCNC(=O)C1CCC(C(=O)c2ccccc2)CC1. The fourth-order valence-corrected chi connectivity index (χ4v) is 2.80. The van der Waals surface area contributed by atoms with Gasteiger partial charge in [-0.25, -0.2) is 0 Å². The Morgan fingerprint density at radius 2 is 1.62 bits per heavy atom. The van der Waals surface area contributed by atoms with Gasteiger partial charge >= 0.3 is 0 Å². The Labute approximate surface area is 131 Å². The van der Waals surface area contributed by atoms with Crippen LogP contribution in [0.2, 0.25) is 0 Å². The van der Waals surface area contributed by atoms with Crippen molar-refractivity contribution in [2.75, 3.05) is 13.1 Å². The van der Waals surface area contributed by atoms with E-state index in [-0.39, 0.29) is 35.9 Å². The molecule has 5 heteroatoms. The Hall–Kier alpha value is -1.39. The van der Waals surface area contributed by atoms with Crippen LogP contribution >= 0.6 is 12.4 Å². The molecule has 0 aromatic heterocycles. The summed E-state index contributed by atoms with van der Waals surface area (Å²) >= 11 is 0. The third-order valence-corrected chi connectivity index (χ3v) is 3.97. The Kier molecular flexibility index (Phi) is 7.40. The number of carbonyl (C=O) groups excluding carboxylic acids is 2. The molecule has 21 heavy (non-hydrogen) atoms. The number of Topliss-reactive ketones (excluding diaryl/α,β-unsaturated/α-hetero) is 1. The van der Waals surface area contributed by atoms with Crippen molar-refractivity contribution in [3.05, 3.63) is 35.9 Å². The highest BCUT2D eigenvalue weighted by Gasteiger charge is 2.29. The lowest BCUT2D eigenvalue weighted by atomic mass is 9.78. The summed E-state index contributed by atoms with van der Waals surface area (Å²) in [5.74, 6) is 0.407. The van der Waals surface area contributed by atoms with Gasteiger partial charge in [-0.15, -0.1) is 12.4 Å². The highest BCUT2D eigenvalue weighted by atomic mass is 35.5. The van der Waals surface area contributed by atoms with Crippen LogP contribution in [0.4, 0.5) is 0 Å². The number of nitrogens with two attached hydrogens (primary N) is 1. The largest absolute Gasteiger partial charge is 0.355 e. The lowest BCUT2D eigenvalue weighted by Crippen LogP contribution is -2.36. The minimum Gasteiger partial charge on any atom is -0.355 e. The number of halogens is 1. The number of benzene rings is 1. The predicted octanol–water partition coefficient (Wildman–Crippen LogP) is 2.17. The molecule has 1 fully saturated rings. The van der Waals surface area contributed by atoms with Gasteiger partial charge in [0.15, 0.2) is 5.78 Å². The normalized spacial score (nSPS) is 21.2. The monoisotopic (exact) mass is 310 g/mol. The first kappa shape index (κ1) is 17.7. The van der Waals surface area contributed by atoms with E-state index >= 15 is 0 Å². The number of ketones is 1. The number of nitrogens with one attached hydrogen (secondary N) is 1. The first-order valence-electron chi connectivity index (χ1n) is 7.29. The van der Waals surface area contributed by atoms with E-state index in [1.54, 1.807) is 0 Å². The molecule has 1 aliphatic rings. The molecular weight excluding hydrogens is 288 g/mol. The molecule has 2 rings (SSSR count). The molecular formula is C16H23ClN2O2. The van der Waals surface area contributed by atoms with Crippen LogP contribution in [0.3, 0.4) is 0 Å². The van der Waals surface area contributed by atoms with E-state index in [0.29, 0.717) is 13.1 Å². The summed E-state index contributed by atoms with van der Waals surface area (Å²) < 4.78 is 0. The molecule has 0 saturated heterocycles. The van der Waals surface area contributed by atoms with Crippen LogP contribution in [-0.4, -0.2) is 24.8 Å². The molecule has 0 atom stereocenters. The predicted molar refractivity (Wildman–Crippen MR) is 85.5 cm³/mol. The van der Waals surface area contributed by atoms with E-state index in [1.165, 1.54) is 0 Å². The molecule has 0 aliphatic heterocycles. The maximum Gasteiger partial charge on any atom is 0.223 e. The van der Waals surface area contributed by atoms with E-state index in [9.17, 15) is 9.59 Å². The van der Waals surface area contributed by atoms with Gasteiger partial charge < -0.3 is 11.1 Å². The van der Waals surface area contributed by atoms with Crippen molar-refractivity contribution in [2.45, 2.75) is 25.7 Å². The molecule has 0 spiro atoms. The van der Waals surface area contributed by atoms with Gasteiger partial charge in [-0.05, 0) is 25.7 Å². The average molecular weight is 311 g/mol. The van der Waals surface area contributed by atoms with Crippen molar-refractivity contribution < 1.29 is 9.59 Å². The van der Waals surface area contributed by atoms with Crippen molar-refractivity contribution in [1.82, 2.24) is 5.32 Å². The van der Waals surface area contributed by atoms with Gasteiger partial charge in [0, 0.05) is 30.5 Å². The van der Waals surface area contributed by atoms with E-state index in [1.807, 2.05) is 30.3 Å². The molecule has 3 N–H and O–H groups in total. The Morgan fingerprint density at radius 1 is 1.05 bits per heavy atom. The molecule has 0 bridgehead atoms. The Balaban J connectivity index is 0.00000220. The summed E-state index contributed by atoms with van der Waals surface area (Å²) in [5.41, 5.74) is 6.15. The zero-order chi connectivity index (χ0) is 14.4. The van der Waals surface area contributed by atoms with Crippen LogP contribution in [0.5, 0.6) is 0 Å². The summed E-state index contributed by atoms with van der Waals surface area (Å²) in [5, 5.41) is 2.83. The molecule has 0 heterocycles. The molecule has 1 aromatic carbocycles. The Bertz CT molecular complexity index is 457. The summed E-state index contributed by atoms with van der Waals surface area (Å²) in [7, 11) is 0. The highest BCUT2D eigenvalue weighted by molar-refractivity contribution is 5.98. The average Bonchev–Trinajstić information content (AvgIpc) is 2.53. The van der Waals surface area contributed by atoms with Crippen LogP contribution in [0, 0.1) is 11.8 Å². The van der Waals surface area contributed by atoms with Gasteiger partial charge in [-0.2, -0.15) is 0 Å². The zero-order valence-corrected chi connectivity index (χ0v) is 12.9. The van der Waals surface area contributed by atoms with Crippen molar-refractivity contribution in [3.8, 4) is 0 Å². The smallest absolute Gasteiger partial charge is 0.223 e. The molecule has 1 amide bonds. The second kappa shape index (κ2) is 8.80. The minimum atomic E-state index is 0. The van der Waals surface area contributed by atoms with Gasteiger partial charge in [-0.3, -0.25) is 9.59 Å². The van der Waals surface area contributed by atoms with Crippen molar-refractivity contribution in [1.29, 1.82) is 0 Å². The topological polar surface area (TPSA) is 72.2 Å². The third-order valence-electron chi connectivity index (χ3n) is 3.97. The van der Waals surface area contributed by atoms with Gasteiger partial charge in [0.1, 0.15) is 0 Å². The molecule has 116 valence electrons. The van der Waals surface area contributed by atoms with Gasteiger partial charge in [0.25, 0.3) is 0 Å². The fraction of sp³-hybridized carbons (Fsp3) is 0.500. The van der Waals surface area contributed by atoms with Crippen LogP contribution in [0.15, 0.2) is 30.3 Å². The fourth-order valence-electron chi connectivity index (χ4n) is 2.80. The maximum absolute atomic E-state index is 12.3. The number of hydrogen-bond donors (Lipinski definition) is 2. The molecule has 0 unspecified atom stereocenters. The van der Waals surface area contributed by atoms with Crippen molar-refractivity contribution in [3.63, 3.8) is 0 Å². The molecule has 1 saturated carbocycles. The molecule has 4 nitrogen and oxygen atoms in total. The molecule has 1 aromatic rings. The van der Waals surface area contributed by atoms with Crippen LogP contribution < -0.4 is 11.1 Å². The summed E-state index contributed by atoms with van der Waals surface area (Å²) in [6.45, 7) is 0.995. The van der Waals surface area contributed by atoms with E-state index in [2.05, 4.69) is 5.32 Å². The van der Waals surface area contributed by atoms with E-state index in [0.717, 1.165) is 31.2 Å². The van der Waals surface area contributed by atoms with Crippen LogP contribution in [0.1, 0.15) is 36.0 Å². The van der Waals surface area contributed by atoms with Crippen molar-refractivity contribution in [2.24, 2.45) is 17.6 Å². The quantitative estimate of drug-likeness (QED) is 0.819. The lowest BCUT2D eigenvalue weighted by molar-refractivity contribution is -0.126. The first-order chi connectivity index (χ1) is 9.72. The molecule has 0 radical (unpaired) electrons. The summed E-state index contributed by atoms with van der Waals surface area (Å²) in [6, 6.07) is 9.42. The minimum absolute atomic E-state index is 0. The zero-order valence-electron chi connectivity index (χ0n) is 12.1. The summed E-state index contributed by atoms with van der Waals surface area (Å²) in [4.78, 5) is 24.2. The standard InChI is InChI=1S/C16H22N2O2.ClH/c17-10-11-18-16(20)14-8-6-13(7-9-14)15(19)12-4-2-1-3-5-12;/h1-5,13-14H,6-11,17H2,(H,18,20);1H. The number of rotatable bonds is 5. The highest BCUT2D eigenvalue weighted by Crippen LogP contribution is 2.31. The first-order valence-corrected chi connectivity index (χ1v) is 7.29. The Morgan fingerprint density at radius 3 is 2.19 bits per heavy atom. The van der Waals surface area contributed by atoms with E-state index < -0.39 is 0 Å².